The maximum atomic E-state index is 12.3. The van der Waals surface area contributed by atoms with E-state index in [-0.39, 0.29) is 42.7 Å². The summed E-state index contributed by atoms with van der Waals surface area (Å²) in [4.78, 5) is 36.8. The third-order valence-corrected chi connectivity index (χ3v) is 3.95. The van der Waals surface area contributed by atoms with Gasteiger partial charge in [-0.05, 0) is 29.0 Å². The van der Waals surface area contributed by atoms with E-state index in [9.17, 15) is 14.4 Å². The monoisotopic (exact) mass is 362 g/mol. The fraction of sp³-hybridized carbons (Fsp3) is 0.550. The summed E-state index contributed by atoms with van der Waals surface area (Å²) in [6, 6.07) is 7.32. The molecule has 26 heavy (non-hydrogen) atoms. The lowest BCUT2D eigenvalue weighted by molar-refractivity contribution is -0.138. The Bertz CT molecular complexity index is 630. The first-order valence-electron chi connectivity index (χ1n) is 8.89. The fourth-order valence-corrected chi connectivity index (χ4v) is 2.48. The Labute approximate surface area is 155 Å². The Balaban J connectivity index is 2.65. The zero-order chi connectivity index (χ0) is 19.9. The molecule has 1 aromatic rings. The summed E-state index contributed by atoms with van der Waals surface area (Å²) in [5.41, 5.74) is 1.63. The van der Waals surface area contributed by atoms with Crippen molar-refractivity contribution in [3.63, 3.8) is 0 Å². The van der Waals surface area contributed by atoms with E-state index in [1.165, 1.54) is 4.90 Å². The van der Waals surface area contributed by atoms with Gasteiger partial charge < -0.3 is 15.3 Å². The van der Waals surface area contributed by atoms with Gasteiger partial charge in [0.25, 0.3) is 5.91 Å². The van der Waals surface area contributed by atoms with Crippen molar-refractivity contribution in [2.75, 3.05) is 19.6 Å². The SMILES string of the molecule is CC(C)CN(CCC(=O)O)C(=O)CNC(=O)c1ccc(C(C)(C)C)cc1. The molecule has 6 heteroatoms. The standard InChI is InChI=1S/C20H30N2O4/c1-14(2)13-22(11-10-18(24)25)17(23)12-21-19(26)15-6-8-16(9-7-15)20(3,4)5/h6-9,14H,10-13H2,1-5H3,(H,21,26)(H,24,25). The molecule has 0 unspecified atom stereocenters. The zero-order valence-electron chi connectivity index (χ0n) is 16.3. The van der Waals surface area contributed by atoms with Gasteiger partial charge in [-0.2, -0.15) is 0 Å². The molecule has 0 saturated heterocycles. The van der Waals surface area contributed by atoms with Crippen LogP contribution in [-0.4, -0.2) is 47.4 Å². The smallest absolute Gasteiger partial charge is 0.305 e. The van der Waals surface area contributed by atoms with Crippen LogP contribution in [0.1, 0.15) is 57.0 Å². The van der Waals surface area contributed by atoms with Crippen molar-refractivity contribution < 1.29 is 19.5 Å². The topological polar surface area (TPSA) is 86.7 Å². The molecule has 144 valence electrons. The number of nitrogens with zero attached hydrogens (tertiary/aromatic N) is 1. The molecule has 2 amide bonds. The van der Waals surface area contributed by atoms with Crippen LogP contribution in [0.4, 0.5) is 0 Å². The van der Waals surface area contributed by atoms with E-state index < -0.39 is 5.97 Å². The summed E-state index contributed by atoms with van der Waals surface area (Å²) in [5.74, 6) is -1.33. The minimum absolute atomic E-state index is 0.00641. The van der Waals surface area contributed by atoms with E-state index in [4.69, 9.17) is 5.11 Å². The highest BCUT2D eigenvalue weighted by atomic mass is 16.4. The predicted molar refractivity (Wildman–Crippen MR) is 101 cm³/mol. The van der Waals surface area contributed by atoms with Crippen LogP contribution < -0.4 is 5.32 Å². The maximum Gasteiger partial charge on any atom is 0.305 e. The third kappa shape index (κ3) is 7.25. The molecule has 1 rings (SSSR count). The quantitative estimate of drug-likeness (QED) is 0.744. The molecule has 6 nitrogen and oxygen atoms in total. The minimum Gasteiger partial charge on any atom is -0.481 e. The molecule has 0 fully saturated rings. The van der Waals surface area contributed by atoms with Crippen LogP contribution in [0.3, 0.4) is 0 Å². The Kier molecular flexibility index (Phi) is 7.80. The molecule has 0 aromatic heterocycles. The Morgan fingerprint density at radius 1 is 1.12 bits per heavy atom. The van der Waals surface area contributed by atoms with Gasteiger partial charge in [0, 0.05) is 18.7 Å². The minimum atomic E-state index is -0.950. The normalized spacial score (nSPS) is 11.3. The summed E-state index contributed by atoms with van der Waals surface area (Å²) in [7, 11) is 0. The molecular weight excluding hydrogens is 332 g/mol. The molecule has 0 aliphatic heterocycles. The van der Waals surface area contributed by atoms with Crippen LogP contribution in [0.25, 0.3) is 0 Å². The molecule has 0 spiro atoms. The van der Waals surface area contributed by atoms with Gasteiger partial charge in [-0.25, -0.2) is 0 Å². The van der Waals surface area contributed by atoms with Crippen LogP contribution in [-0.2, 0) is 15.0 Å². The highest BCUT2D eigenvalue weighted by Gasteiger charge is 2.18. The molecule has 0 aliphatic carbocycles. The van der Waals surface area contributed by atoms with Gasteiger partial charge in [0.15, 0.2) is 0 Å². The van der Waals surface area contributed by atoms with E-state index in [1.807, 2.05) is 26.0 Å². The van der Waals surface area contributed by atoms with Gasteiger partial charge in [-0.3, -0.25) is 14.4 Å². The highest BCUT2D eigenvalue weighted by Crippen LogP contribution is 2.22. The second-order valence-corrected chi connectivity index (χ2v) is 7.89. The fourth-order valence-electron chi connectivity index (χ4n) is 2.48. The molecule has 0 radical (unpaired) electrons. The first-order chi connectivity index (χ1) is 12.0. The van der Waals surface area contributed by atoms with Gasteiger partial charge in [0.1, 0.15) is 0 Å². The van der Waals surface area contributed by atoms with E-state index in [2.05, 4.69) is 26.1 Å². The van der Waals surface area contributed by atoms with Crippen LogP contribution >= 0.6 is 0 Å². The van der Waals surface area contributed by atoms with Gasteiger partial charge in [0.2, 0.25) is 5.91 Å². The number of benzene rings is 1. The molecule has 0 saturated carbocycles. The Hall–Kier alpha value is -2.37. The number of rotatable bonds is 8. The summed E-state index contributed by atoms with van der Waals surface area (Å²) >= 11 is 0. The summed E-state index contributed by atoms with van der Waals surface area (Å²) in [5, 5.41) is 11.4. The van der Waals surface area contributed by atoms with Gasteiger partial charge in [-0.1, -0.05) is 46.8 Å². The number of carbonyl (C=O) groups is 3. The Morgan fingerprint density at radius 2 is 1.69 bits per heavy atom. The number of aliphatic carboxylic acids is 1. The maximum absolute atomic E-state index is 12.3. The molecule has 2 N–H and O–H groups in total. The molecule has 0 aliphatic rings. The molecule has 0 bridgehead atoms. The van der Waals surface area contributed by atoms with Crippen LogP contribution in [0.5, 0.6) is 0 Å². The average Bonchev–Trinajstić information content (AvgIpc) is 2.55. The predicted octanol–water partition coefficient (Wildman–Crippen LogP) is 2.67. The van der Waals surface area contributed by atoms with Crippen molar-refractivity contribution in [2.45, 2.75) is 46.5 Å². The van der Waals surface area contributed by atoms with Crippen molar-refractivity contribution in [3.05, 3.63) is 35.4 Å². The highest BCUT2D eigenvalue weighted by molar-refractivity contribution is 5.96. The van der Waals surface area contributed by atoms with Crippen LogP contribution in [0, 0.1) is 5.92 Å². The first-order valence-corrected chi connectivity index (χ1v) is 8.89. The number of amides is 2. The summed E-state index contributed by atoms with van der Waals surface area (Å²) in [6.07, 6.45) is -0.110. The third-order valence-electron chi connectivity index (χ3n) is 3.95. The Morgan fingerprint density at radius 3 is 2.15 bits per heavy atom. The lowest BCUT2D eigenvalue weighted by Crippen LogP contribution is -2.42. The number of hydrogen-bond donors (Lipinski definition) is 2. The van der Waals surface area contributed by atoms with Gasteiger partial charge >= 0.3 is 5.97 Å². The zero-order valence-corrected chi connectivity index (χ0v) is 16.3. The largest absolute Gasteiger partial charge is 0.481 e. The number of hydrogen-bond acceptors (Lipinski definition) is 3. The van der Waals surface area contributed by atoms with E-state index in [1.54, 1.807) is 12.1 Å². The number of carboxylic acid groups (broad SMARTS) is 1. The van der Waals surface area contributed by atoms with Gasteiger partial charge in [0.05, 0.1) is 13.0 Å². The van der Waals surface area contributed by atoms with Crippen molar-refractivity contribution in [1.29, 1.82) is 0 Å². The van der Waals surface area contributed by atoms with Crippen LogP contribution in [0.15, 0.2) is 24.3 Å². The summed E-state index contributed by atoms with van der Waals surface area (Å²) < 4.78 is 0. The first kappa shape index (κ1) is 21.7. The van der Waals surface area contributed by atoms with Crippen molar-refractivity contribution in [3.8, 4) is 0 Å². The van der Waals surface area contributed by atoms with Crippen LogP contribution in [0.2, 0.25) is 0 Å². The lowest BCUT2D eigenvalue weighted by atomic mass is 9.87. The molecule has 0 heterocycles. The van der Waals surface area contributed by atoms with E-state index in [0.29, 0.717) is 12.1 Å². The van der Waals surface area contributed by atoms with Crippen molar-refractivity contribution in [2.24, 2.45) is 5.92 Å². The second kappa shape index (κ2) is 9.36. The average molecular weight is 362 g/mol. The van der Waals surface area contributed by atoms with Crippen molar-refractivity contribution >= 4 is 17.8 Å². The summed E-state index contributed by atoms with van der Waals surface area (Å²) in [6.45, 7) is 10.7. The molecular formula is C20H30N2O4. The second-order valence-electron chi connectivity index (χ2n) is 7.89. The number of carbonyl (C=O) groups excluding carboxylic acids is 2. The number of nitrogens with one attached hydrogen (secondary N) is 1. The molecule has 1 aromatic carbocycles. The van der Waals surface area contributed by atoms with Crippen molar-refractivity contribution in [1.82, 2.24) is 10.2 Å². The van der Waals surface area contributed by atoms with E-state index in [0.717, 1.165) is 5.56 Å². The number of carboxylic acids is 1. The van der Waals surface area contributed by atoms with E-state index >= 15 is 0 Å². The molecule has 0 atom stereocenters. The van der Waals surface area contributed by atoms with Gasteiger partial charge in [-0.15, -0.1) is 0 Å². The lowest BCUT2D eigenvalue weighted by Gasteiger charge is -2.24.